The fourth-order valence-electron chi connectivity index (χ4n) is 1.75. The third-order valence-electron chi connectivity index (χ3n) is 2.74. The van der Waals surface area contributed by atoms with Gasteiger partial charge in [0.1, 0.15) is 5.78 Å². The predicted octanol–water partition coefficient (Wildman–Crippen LogP) is 2.79. The standard InChI is InChI=1S/C13H18BrNO/c1-9(2)12(8-15)13(16)7-10-4-3-5-11(14)6-10/h3-6,9,12H,7-8,15H2,1-2H3. The fourth-order valence-corrected chi connectivity index (χ4v) is 2.20. The number of carbonyl (C=O) groups excluding carboxylic acids is 1. The molecule has 2 nitrogen and oxygen atoms in total. The lowest BCUT2D eigenvalue weighted by molar-refractivity contribution is -0.123. The van der Waals surface area contributed by atoms with E-state index in [1.54, 1.807) is 0 Å². The highest BCUT2D eigenvalue weighted by atomic mass is 79.9. The average Bonchev–Trinajstić information content (AvgIpc) is 2.17. The summed E-state index contributed by atoms with van der Waals surface area (Å²) in [6.07, 6.45) is 0.472. The van der Waals surface area contributed by atoms with Crippen LogP contribution in [0.15, 0.2) is 28.7 Å². The molecule has 1 unspecified atom stereocenters. The number of carbonyl (C=O) groups is 1. The quantitative estimate of drug-likeness (QED) is 0.903. The van der Waals surface area contributed by atoms with Gasteiger partial charge in [0.05, 0.1) is 0 Å². The second-order valence-electron chi connectivity index (χ2n) is 4.36. The van der Waals surface area contributed by atoms with Gasteiger partial charge >= 0.3 is 0 Å². The van der Waals surface area contributed by atoms with Gasteiger partial charge < -0.3 is 5.73 Å². The minimum Gasteiger partial charge on any atom is -0.330 e. The number of hydrogen-bond donors (Lipinski definition) is 1. The normalized spacial score (nSPS) is 12.8. The molecule has 1 aromatic carbocycles. The van der Waals surface area contributed by atoms with Gasteiger partial charge in [0, 0.05) is 23.4 Å². The van der Waals surface area contributed by atoms with Gasteiger partial charge in [-0.05, 0) is 23.6 Å². The Hall–Kier alpha value is -0.670. The van der Waals surface area contributed by atoms with Gasteiger partial charge in [-0.3, -0.25) is 4.79 Å². The Morgan fingerprint density at radius 1 is 1.44 bits per heavy atom. The maximum atomic E-state index is 12.0. The van der Waals surface area contributed by atoms with Crippen LogP contribution in [0.3, 0.4) is 0 Å². The van der Waals surface area contributed by atoms with E-state index in [0.29, 0.717) is 18.9 Å². The van der Waals surface area contributed by atoms with Crippen LogP contribution in [0, 0.1) is 11.8 Å². The summed E-state index contributed by atoms with van der Waals surface area (Å²) in [5.74, 6) is 0.513. The molecule has 0 saturated heterocycles. The van der Waals surface area contributed by atoms with Crippen molar-refractivity contribution in [3.05, 3.63) is 34.3 Å². The van der Waals surface area contributed by atoms with Crippen molar-refractivity contribution in [2.45, 2.75) is 20.3 Å². The molecule has 3 heteroatoms. The van der Waals surface area contributed by atoms with Gasteiger partial charge in [-0.1, -0.05) is 41.9 Å². The topological polar surface area (TPSA) is 43.1 Å². The minimum absolute atomic E-state index is 0.0287. The largest absolute Gasteiger partial charge is 0.330 e. The van der Waals surface area contributed by atoms with Crippen molar-refractivity contribution in [3.8, 4) is 0 Å². The van der Waals surface area contributed by atoms with Crippen molar-refractivity contribution >= 4 is 21.7 Å². The highest BCUT2D eigenvalue weighted by Crippen LogP contribution is 2.16. The molecule has 88 valence electrons. The molecule has 0 aliphatic carbocycles. The van der Waals surface area contributed by atoms with E-state index in [1.807, 2.05) is 38.1 Å². The third kappa shape index (κ3) is 3.72. The van der Waals surface area contributed by atoms with Crippen LogP contribution >= 0.6 is 15.9 Å². The second-order valence-corrected chi connectivity index (χ2v) is 5.27. The van der Waals surface area contributed by atoms with E-state index in [1.165, 1.54) is 0 Å². The van der Waals surface area contributed by atoms with E-state index >= 15 is 0 Å². The van der Waals surface area contributed by atoms with E-state index < -0.39 is 0 Å². The summed E-state index contributed by atoms with van der Waals surface area (Å²) in [5, 5.41) is 0. The first-order chi connectivity index (χ1) is 7.54. The monoisotopic (exact) mass is 283 g/mol. The first-order valence-electron chi connectivity index (χ1n) is 5.51. The zero-order chi connectivity index (χ0) is 12.1. The molecule has 0 fully saturated rings. The van der Waals surface area contributed by atoms with Crippen molar-refractivity contribution in [2.75, 3.05) is 6.54 Å². The number of benzene rings is 1. The maximum absolute atomic E-state index is 12.0. The number of rotatable bonds is 5. The van der Waals surface area contributed by atoms with Crippen molar-refractivity contribution in [2.24, 2.45) is 17.6 Å². The Morgan fingerprint density at radius 3 is 2.62 bits per heavy atom. The molecule has 0 radical (unpaired) electrons. The van der Waals surface area contributed by atoms with Crippen LogP contribution in [0.1, 0.15) is 19.4 Å². The van der Waals surface area contributed by atoms with E-state index in [-0.39, 0.29) is 11.7 Å². The lowest BCUT2D eigenvalue weighted by Crippen LogP contribution is -2.29. The molecule has 0 amide bonds. The molecule has 0 bridgehead atoms. The minimum atomic E-state index is -0.0287. The van der Waals surface area contributed by atoms with Gasteiger partial charge in [-0.2, -0.15) is 0 Å². The Morgan fingerprint density at radius 2 is 2.12 bits per heavy atom. The lowest BCUT2D eigenvalue weighted by Gasteiger charge is -2.17. The number of Topliss-reactive ketones (excluding diaryl/α,β-unsaturated/α-hetero) is 1. The van der Waals surface area contributed by atoms with Crippen molar-refractivity contribution in [3.63, 3.8) is 0 Å². The van der Waals surface area contributed by atoms with Crippen molar-refractivity contribution in [1.29, 1.82) is 0 Å². The summed E-state index contributed by atoms with van der Waals surface area (Å²) < 4.78 is 1.01. The summed E-state index contributed by atoms with van der Waals surface area (Å²) in [7, 11) is 0. The van der Waals surface area contributed by atoms with E-state index in [4.69, 9.17) is 5.73 Å². The second kappa shape index (κ2) is 6.16. The van der Waals surface area contributed by atoms with Crippen LogP contribution < -0.4 is 5.73 Å². The van der Waals surface area contributed by atoms with E-state index in [2.05, 4.69) is 15.9 Å². The Bertz CT molecular complexity index is 363. The lowest BCUT2D eigenvalue weighted by atomic mass is 9.88. The number of nitrogens with two attached hydrogens (primary N) is 1. The van der Waals surface area contributed by atoms with Crippen LogP contribution in [0.2, 0.25) is 0 Å². The number of hydrogen-bond acceptors (Lipinski definition) is 2. The zero-order valence-electron chi connectivity index (χ0n) is 9.74. The molecule has 0 aliphatic rings. The molecule has 2 N–H and O–H groups in total. The summed E-state index contributed by atoms with van der Waals surface area (Å²) in [6, 6.07) is 7.85. The van der Waals surface area contributed by atoms with Gasteiger partial charge in [0.15, 0.2) is 0 Å². The molecule has 0 aliphatic heterocycles. The molecular weight excluding hydrogens is 266 g/mol. The highest BCUT2D eigenvalue weighted by molar-refractivity contribution is 9.10. The maximum Gasteiger partial charge on any atom is 0.141 e. The van der Waals surface area contributed by atoms with Gasteiger partial charge in [-0.15, -0.1) is 0 Å². The zero-order valence-corrected chi connectivity index (χ0v) is 11.3. The summed E-state index contributed by atoms with van der Waals surface area (Å²) in [6.45, 7) is 4.51. The summed E-state index contributed by atoms with van der Waals surface area (Å²) in [5.41, 5.74) is 6.67. The Labute approximate surface area is 105 Å². The Kier molecular flexibility index (Phi) is 5.16. The number of halogens is 1. The molecule has 0 spiro atoms. The van der Waals surface area contributed by atoms with Gasteiger partial charge in [-0.25, -0.2) is 0 Å². The van der Waals surface area contributed by atoms with Gasteiger partial charge in [0.25, 0.3) is 0 Å². The van der Waals surface area contributed by atoms with Crippen molar-refractivity contribution < 1.29 is 4.79 Å². The molecule has 1 atom stereocenters. The van der Waals surface area contributed by atoms with Crippen LogP contribution in [0.4, 0.5) is 0 Å². The SMILES string of the molecule is CC(C)C(CN)C(=O)Cc1cccc(Br)c1. The molecule has 16 heavy (non-hydrogen) atoms. The Balaban J connectivity index is 2.70. The predicted molar refractivity (Wildman–Crippen MR) is 70.2 cm³/mol. The third-order valence-corrected chi connectivity index (χ3v) is 3.23. The van der Waals surface area contributed by atoms with Crippen LogP contribution in [-0.4, -0.2) is 12.3 Å². The molecule has 0 heterocycles. The first kappa shape index (κ1) is 13.4. The fraction of sp³-hybridized carbons (Fsp3) is 0.462. The smallest absolute Gasteiger partial charge is 0.141 e. The van der Waals surface area contributed by atoms with E-state index in [9.17, 15) is 4.79 Å². The summed E-state index contributed by atoms with van der Waals surface area (Å²) >= 11 is 3.40. The highest BCUT2D eigenvalue weighted by Gasteiger charge is 2.20. The molecular formula is C13H18BrNO. The van der Waals surface area contributed by atoms with Crippen LogP contribution in [0.5, 0.6) is 0 Å². The van der Waals surface area contributed by atoms with Gasteiger partial charge in [0.2, 0.25) is 0 Å². The van der Waals surface area contributed by atoms with Crippen LogP contribution in [0.25, 0.3) is 0 Å². The van der Waals surface area contributed by atoms with Crippen LogP contribution in [-0.2, 0) is 11.2 Å². The van der Waals surface area contributed by atoms with E-state index in [0.717, 1.165) is 10.0 Å². The molecule has 0 saturated carbocycles. The average molecular weight is 284 g/mol. The molecule has 1 rings (SSSR count). The van der Waals surface area contributed by atoms with Crippen molar-refractivity contribution in [1.82, 2.24) is 0 Å². The molecule has 0 aromatic heterocycles. The first-order valence-corrected chi connectivity index (χ1v) is 6.31. The summed E-state index contributed by atoms with van der Waals surface area (Å²) in [4.78, 5) is 12.0. The molecule has 1 aromatic rings. The number of ketones is 1.